The van der Waals surface area contributed by atoms with Gasteiger partial charge in [0.1, 0.15) is 5.82 Å². The number of imidazole rings is 1. The fourth-order valence-electron chi connectivity index (χ4n) is 2.46. The van der Waals surface area contributed by atoms with Crippen LogP contribution < -0.4 is 5.32 Å². The maximum absolute atomic E-state index is 4.41. The predicted octanol–water partition coefficient (Wildman–Crippen LogP) is 2.96. The number of aromatic nitrogens is 2. The Hall–Kier alpha value is -1.61. The first kappa shape index (κ1) is 14.8. The summed E-state index contributed by atoms with van der Waals surface area (Å²) in [4.78, 5) is 4.41. The highest BCUT2D eigenvalue weighted by Crippen LogP contribution is 2.09. The average molecular weight is 271 g/mol. The highest BCUT2D eigenvalue weighted by molar-refractivity contribution is 5.16. The van der Waals surface area contributed by atoms with Crippen LogP contribution in [0.15, 0.2) is 42.7 Å². The molecular weight excluding hydrogens is 246 g/mol. The van der Waals surface area contributed by atoms with E-state index in [0.717, 1.165) is 25.8 Å². The molecular formula is C17H25N3. The Morgan fingerprint density at radius 3 is 2.70 bits per heavy atom. The number of benzene rings is 1. The quantitative estimate of drug-likeness (QED) is 0.800. The Labute approximate surface area is 122 Å². The van der Waals surface area contributed by atoms with Crippen LogP contribution in [0.25, 0.3) is 0 Å². The third-order valence-electron chi connectivity index (χ3n) is 3.65. The minimum Gasteiger partial charge on any atom is -0.338 e. The summed E-state index contributed by atoms with van der Waals surface area (Å²) in [5.41, 5.74) is 1.40. The smallest absolute Gasteiger partial charge is 0.108 e. The number of nitrogens with one attached hydrogen (secondary N) is 1. The van der Waals surface area contributed by atoms with Gasteiger partial charge in [-0.25, -0.2) is 4.98 Å². The fraction of sp³-hybridized carbons (Fsp3) is 0.471. The van der Waals surface area contributed by atoms with Gasteiger partial charge in [-0.2, -0.15) is 0 Å². The summed E-state index contributed by atoms with van der Waals surface area (Å²) < 4.78 is 2.11. The largest absolute Gasteiger partial charge is 0.338 e. The molecule has 0 aliphatic carbocycles. The summed E-state index contributed by atoms with van der Waals surface area (Å²) in [5, 5.41) is 3.66. The minimum atomic E-state index is 0.522. The van der Waals surface area contributed by atoms with Crippen molar-refractivity contribution in [1.82, 2.24) is 14.9 Å². The lowest BCUT2D eigenvalue weighted by atomic mass is 10.0. The highest BCUT2D eigenvalue weighted by atomic mass is 15.0. The number of nitrogens with zero attached hydrogens (tertiary/aromatic N) is 2. The molecule has 20 heavy (non-hydrogen) atoms. The van der Waals surface area contributed by atoms with Crippen molar-refractivity contribution in [2.45, 2.75) is 38.6 Å². The van der Waals surface area contributed by atoms with E-state index < -0.39 is 0 Å². The van der Waals surface area contributed by atoms with E-state index in [4.69, 9.17) is 0 Å². The third-order valence-corrected chi connectivity index (χ3v) is 3.65. The molecule has 1 aromatic carbocycles. The SMILES string of the molecule is CCCNC(CCc1nccn1C)Cc1ccccc1. The van der Waals surface area contributed by atoms with E-state index in [1.54, 1.807) is 0 Å². The van der Waals surface area contributed by atoms with Crippen molar-refractivity contribution in [2.24, 2.45) is 7.05 Å². The Morgan fingerprint density at radius 2 is 2.05 bits per heavy atom. The molecule has 1 atom stereocenters. The molecule has 2 aromatic rings. The van der Waals surface area contributed by atoms with Gasteiger partial charge in [-0.3, -0.25) is 0 Å². The molecule has 0 saturated carbocycles. The Morgan fingerprint density at radius 1 is 1.25 bits per heavy atom. The first-order valence-electron chi connectivity index (χ1n) is 7.53. The molecule has 2 rings (SSSR count). The summed E-state index contributed by atoms with van der Waals surface area (Å²) in [5.74, 6) is 1.17. The molecule has 1 heterocycles. The second-order valence-electron chi connectivity index (χ2n) is 5.33. The molecule has 1 aromatic heterocycles. The van der Waals surface area contributed by atoms with Crippen LogP contribution >= 0.6 is 0 Å². The van der Waals surface area contributed by atoms with Crippen LogP contribution in [0, 0.1) is 0 Å². The average Bonchev–Trinajstić information content (AvgIpc) is 2.88. The maximum atomic E-state index is 4.41. The lowest BCUT2D eigenvalue weighted by Crippen LogP contribution is -2.32. The van der Waals surface area contributed by atoms with Crippen LogP contribution in [0.4, 0.5) is 0 Å². The van der Waals surface area contributed by atoms with Gasteiger partial charge in [0.05, 0.1) is 0 Å². The fourth-order valence-corrected chi connectivity index (χ4v) is 2.46. The van der Waals surface area contributed by atoms with Crippen LogP contribution in [0.1, 0.15) is 31.2 Å². The van der Waals surface area contributed by atoms with E-state index in [0.29, 0.717) is 6.04 Å². The summed E-state index contributed by atoms with van der Waals surface area (Å²) in [6.07, 6.45) is 8.30. The van der Waals surface area contributed by atoms with Gasteiger partial charge in [0, 0.05) is 31.9 Å². The molecule has 0 saturated heterocycles. The highest BCUT2D eigenvalue weighted by Gasteiger charge is 2.10. The van der Waals surface area contributed by atoms with E-state index in [1.807, 2.05) is 12.4 Å². The zero-order valence-electron chi connectivity index (χ0n) is 12.5. The van der Waals surface area contributed by atoms with Gasteiger partial charge in [-0.1, -0.05) is 37.3 Å². The Balaban J connectivity index is 1.91. The molecule has 108 valence electrons. The lowest BCUT2D eigenvalue weighted by Gasteiger charge is -2.18. The zero-order valence-corrected chi connectivity index (χ0v) is 12.5. The number of aryl methyl sites for hydroxylation is 2. The van der Waals surface area contributed by atoms with Crippen molar-refractivity contribution in [3.63, 3.8) is 0 Å². The summed E-state index contributed by atoms with van der Waals surface area (Å²) in [6, 6.07) is 11.2. The second-order valence-corrected chi connectivity index (χ2v) is 5.33. The molecule has 3 nitrogen and oxygen atoms in total. The normalized spacial score (nSPS) is 12.5. The van der Waals surface area contributed by atoms with Crippen LogP contribution in [0.3, 0.4) is 0 Å². The van der Waals surface area contributed by atoms with Gasteiger partial charge in [0.2, 0.25) is 0 Å². The molecule has 0 radical (unpaired) electrons. The monoisotopic (exact) mass is 271 g/mol. The molecule has 1 unspecified atom stereocenters. The van der Waals surface area contributed by atoms with Gasteiger partial charge in [0.15, 0.2) is 0 Å². The van der Waals surface area contributed by atoms with Crippen molar-refractivity contribution in [3.8, 4) is 0 Å². The van der Waals surface area contributed by atoms with Gasteiger partial charge in [-0.05, 0) is 31.4 Å². The molecule has 0 spiro atoms. The topological polar surface area (TPSA) is 29.9 Å². The molecule has 0 fully saturated rings. The van der Waals surface area contributed by atoms with E-state index in [1.165, 1.54) is 17.8 Å². The van der Waals surface area contributed by atoms with Gasteiger partial charge in [0.25, 0.3) is 0 Å². The van der Waals surface area contributed by atoms with Gasteiger partial charge in [-0.15, -0.1) is 0 Å². The van der Waals surface area contributed by atoms with Crippen molar-refractivity contribution in [1.29, 1.82) is 0 Å². The van der Waals surface area contributed by atoms with Crippen LogP contribution in [0.5, 0.6) is 0 Å². The second kappa shape index (κ2) is 7.85. The first-order chi connectivity index (χ1) is 9.79. The predicted molar refractivity (Wildman–Crippen MR) is 83.8 cm³/mol. The number of hydrogen-bond donors (Lipinski definition) is 1. The van der Waals surface area contributed by atoms with Gasteiger partial charge >= 0.3 is 0 Å². The summed E-state index contributed by atoms with van der Waals surface area (Å²) >= 11 is 0. The Kier molecular flexibility index (Phi) is 5.81. The molecule has 3 heteroatoms. The molecule has 0 aliphatic heterocycles. The minimum absolute atomic E-state index is 0.522. The van der Waals surface area contributed by atoms with E-state index in [2.05, 4.69) is 59.2 Å². The molecule has 0 aliphatic rings. The maximum Gasteiger partial charge on any atom is 0.108 e. The van der Waals surface area contributed by atoms with E-state index >= 15 is 0 Å². The van der Waals surface area contributed by atoms with E-state index in [9.17, 15) is 0 Å². The summed E-state index contributed by atoms with van der Waals surface area (Å²) in [7, 11) is 2.06. The van der Waals surface area contributed by atoms with Crippen molar-refractivity contribution < 1.29 is 0 Å². The molecule has 0 bridgehead atoms. The standard InChI is InChI=1S/C17H25N3/c1-3-11-18-16(14-15-7-5-4-6-8-15)9-10-17-19-12-13-20(17)2/h4-8,12-13,16,18H,3,9-11,14H2,1-2H3. The van der Waals surface area contributed by atoms with E-state index in [-0.39, 0.29) is 0 Å². The third kappa shape index (κ3) is 4.49. The summed E-state index contributed by atoms with van der Waals surface area (Å²) in [6.45, 7) is 3.30. The first-order valence-corrected chi connectivity index (χ1v) is 7.53. The molecule has 0 amide bonds. The lowest BCUT2D eigenvalue weighted by molar-refractivity contribution is 0.471. The van der Waals surface area contributed by atoms with Crippen molar-refractivity contribution in [2.75, 3.05) is 6.54 Å². The molecule has 1 N–H and O–H groups in total. The van der Waals surface area contributed by atoms with Gasteiger partial charge < -0.3 is 9.88 Å². The Bertz CT molecular complexity index is 490. The van der Waals surface area contributed by atoms with Crippen LogP contribution in [-0.2, 0) is 19.9 Å². The number of rotatable bonds is 8. The van der Waals surface area contributed by atoms with Crippen LogP contribution in [0.2, 0.25) is 0 Å². The zero-order chi connectivity index (χ0) is 14.2. The van der Waals surface area contributed by atoms with Crippen molar-refractivity contribution in [3.05, 3.63) is 54.1 Å². The van der Waals surface area contributed by atoms with Crippen LogP contribution in [-0.4, -0.2) is 22.1 Å². The van der Waals surface area contributed by atoms with Crippen molar-refractivity contribution >= 4 is 0 Å². The number of hydrogen-bond acceptors (Lipinski definition) is 2.